The smallest absolute Gasteiger partial charge is 0.128 e. The number of hydrogen-bond acceptors (Lipinski definition) is 3. The normalized spacial score (nSPS) is 29.2. The fourth-order valence-corrected chi connectivity index (χ4v) is 4.15. The van der Waals surface area contributed by atoms with Gasteiger partial charge in [-0.15, -0.1) is 0 Å². The molecule has 2 heterocycles. The van der Waals surface area contributed by atoms with Crippen LogP contribution in [0, 0.1) is 5.92 Å². The van der Waals surface area contributed by atoms with Crippen LogP contribution in [0.15, 0.2) is 18.3 Å². The lowest BCUT2D eigenvalue weighted by atomic mass is 9.78. The average molecular weight is 285 g/mol. The first kappa shape index (κ1) is 13.6. The van der Waals surface area contributed by atoms with Gasteiger partial charge in [-0.25, -0.2) is 4.98 Å². The Morgan fingerprint density at radius 1 is 1.05 bits per heavy atom. The van der Waals surface area contributed by atoms with Crippen molar-refractivity contribution >= 4 is 5.82 Å². The topological polar surface area (TPSA) is 28.2 Å². The summed E-state index contributed by atoms with van der Waals surface area (Å²) in [5, 5.41) is 3.56. The zero-order chi connectivity index (χ0) is 14.1. The van der Waals surface area contributed by atoms with Gasteiger partial charge in [-0.05, 0) is 56.1 Å². The molecule has 3 heteroatoms. The third-order valence-corrected chi connectivity index (χ3v) is 5.52. The lowest BCUT2D eigenvalue weighted by Gasteiger charge is -2.44. The Balaban J connectivity index is 1.43. The van der Waals surface area contributed by atoms with E-state index in [0.29, 0.717) is 0 Å². The Labute approximate surface area is 128 Å². The van der Waals surface area contributed by atoms with Crippen molar-refractivity contribution in [3.63, 3.8) is 0 Å². The zero-order valence-corrected chi connectivity index (χ0v) is 12.9. The third-order valence-electron chi connectivity index (χ3n) is 5.52. The first-order valence-corrected chi connectivity index (χ1v) is 8.85. The van der Waals surface area contributed by atoms with Crippen LogP contribution in [0.4, 0.5) is 5.82 Å². The number of pyridine rings is 1. The SMILES string of the molecule is c1cc(N2CCC[C@H]3CCCC[C@H]32)ncc1CNC1CC1. The molecule has 0 spiro atoms. The van der Waals surface area contributed by atoms with Gasteiger partial charge in [0.05, 0.1) is 0 Å². The van der Waals surface area contributed by atoms with E-state index in [-0.39, 0.29) is 0 Å². The lowest BCUT2D eigenvalue weighted by molar-refractivity contribution is 0.242. The van der Waals surface area contributed by atoms with E-state index in [1.165, 1.54) is 69.3 Å². The number of rotatable bonds is 4. The minimum atomic E-state index is 0.760. The number of fused-ring (bicyclic) bond motifs is 1. The highest BCUT2D eigenvalue weighted by atomic mass is 15.2. The molecule has 1 N–H and O–H groups in total. The first-order chi connectivity index (χ1) is 10.4. The molecule has 0 bridgehead atoms. The van der Waals surface area contributed by atoms with Crippen molar-refractivity contribution < 1.29 is 0 Å². The first-order valence-electron chi connectivity index (χ1n) is 8.85. The van der Waals surface area contributed by atoms with Crippen LogP contribution < -0.4 is 10.2 Å². The Morgan fingerprint density at radius 2 is 1.90 bits per heavy atom. The predicted molar refractivity (Wildman–Crippen MR) is 86.4 cm³/mol. The van der Waals surface area contributed by atoms with E-state index >= 15 is 0 Å². The van der Waals surface area contributed by atoms with Crippen LogP contribution in [0.2, 0.25) is 0 Å². The van der Waals surface area contributed by atoms with Gasteiger partial charge in [-0.2, -0.15) is 0 Å². The van der Waals surface area contributed by atoms with Crippen molar-refractivity contribution in [2.24, 2.45) is 5.92 Å². The molecule has 2 saturated carbocycles. The molecule has 1 aliphatic heterocycles. The van der Waals surface area contributed by atoms with Crippen LogP contribution in [0.25, 0.3) is 0 Å². The monoisotopic (exact) mass is 285 g/mol. The lowest BCUT2D eigenvalue weighted by Crippen LogP contribution is -2.47. The largest absolute Gasteiger partial charge is 0.353 e. The molecule has 2 atom stereocenters. The van der Waals surface area contributed by atoms with Gasteiger partial charge in [0.2, 0.25) is 0 Å². The van der Waals surface area contributed by atoms with E-state index in [1.807, 2.05) is 0 Å². The molecule has 21 heavy (non-hydrogen) atoms. The summed E-state index contributed by atoms with van der Waals surface area (Å²) in [5.41, 5.74) is 1.32. The van der Waals surface area contributed by atoms with Crippen molar-refractivity contribution in [1.82, 2.24) is 10.3 Å². The van der Waals surface area contributed by atoms with E-state index in [9.17, 15) is 0 Å². The highest BCUT2D eigenvalue weighted by Crippen LogP contribution is 2.37. The summed E-state index contributed by atoms with van der Waals surface area (Å²) in [6.07, 6.45) is 13.2. The molecule has 3 fully saturated rings. The van der Waals surface area contributed by atoms with Crippen LogP contribution in [-0.4, -0.2) is 23.6 Å². The molecule has 0 amide bonds. The van der Waals surface area contributed by atoms with E-state index in [0.717, 1.165) is 24.5 Å². The summed E-state index contributed by atoms with van der Waals surface area (Å²) in [5.74, 6) is 2.13. The van der Waals surface area contributed by atoms with Crippen molar-refractivity contribution in [2.75, 3.05) is 11.4 Å². The minimum absolute atomic E-state index is 0.760. The summed E-state index contributed by atoms with van der Waals surface area (Å²) in [7, 11) is 0. The van der Waals surface area contributed by atoms with E-state index < -0.39 is 0 Å². The van der Waals surface area contributed by atoms with Gasteiger partial charge in [-0.1, -0.05) is 18.9 Å². The number of hydrogen-bond donors (Lipinski definition) is 1. The average Bonchev–Trinajstić information content (AvgIpc) is 3.37. The van der Waals surface area contributed by atoms with Crippen molar-refractivity contribution in [1.29, 1.82) is 0 Å². The maximum absolute atomic E-state index is 4.78. The maximum atomic E-state index is 4.78. The summed E-state index contributed by atoms with van der Waals surface area (Å²) in [6, 6.07) is 6.05. The molecular formula is C18H27N3. The van der Waals surface area contributed by atoms with Gasteiger partial charge in [0.25, 0.3) is 0 Å². The van der Waals surface area contributed by atoms with Gasteiger partial charge >= 0.3 is 0 Å². The molecule has 4 rings (SSSR count). The highest BCUT2D eigenvalue weighted by Gasteiger charge is 2.33. The van der Waals surface area contributed by atoms with Gasteiger partial charge < -0.3 is 10.2 Å². The van der Waals surface area contributed by atoms with Crippen LogP contribution in [0.3, 0.4) is 0 Å². The maximum Gasteiger partial charge on any atom is 0.128 e. The molecule has 114 valence electrons. The number of aromatic nitrogens is 1. The second-order valence-electron chi connectivity index (χ2n) is 7.13. The molecule has 1 saturated heterocycles. The summed E-state index contributed by atoms with van der Waals surface area (Å²) < 4.78 is 0. The molecular weight excluding hydrogens is 258 g/mol. The fraction of sp³-hybridized carbons (Fsp3) is 0.722. The quantitative estimate of drug-likeness (QED) is 0.918. The number of nitrogens with one attached hydrogen (secondary N) is 1. The number of anilines is 1. The van der Waals surface area contributed by atoms with E-state index in [1.54, 1.807) is 0 Å². The number of nitrogens with zero attached hydrogens (tertiary/aromatic N) is 2. The standard InChI is InChI=1S/C18H27N3/c1-2-6-17-15(4-1)5-3-11-21(17)18-10-7-14(13-20-18)12-19-16-8-9-16/h7,10,13,15-17,19H,1-6,8-9,11-12H2/t15-,17-/m1/s1. The molecule has 3 aliphatic rings. The zero-order valence-electron chi connectivity index (χ0n) is 12.9. The van der Waals surface area contributed by atoms with Crippen molar-refractivity contribution in [3.8, 4) is 0 Å². The van der Waals surface area contributed by atoms with Gasteiger partial charge in [0, 0.05) is 31.4 Å². The Hall–Kier alpha value is -1.09. The van der Waals surface area contributed by atoms with Crippen LogP contribution in [-0.2, 0) is 6.54 Å². The number of piperidine rings is 1. The molecule has 3 nitrogen and oxygen atoms in total. The molecule has 1 aromatic rings. The van der Waals surface area contributed by atoms with Gasteiger partial charge in [0.1, 0.15) is 5.82 Å². The van der Waals surface area contributed by atoms with Gasteiger partial charge in [0.15, 0.2) is 0 Å². The van der Waals surface area contributed by atoms with Crippen LogP contribution >= 0.6 is 0 Å². The molecule has 0 radical (unpaired) electrons. The van der Waals surface area contributed by atoms with Crippen LogP contribution in [0.1, 0.15) is 56.9 Å². The second kappa shape index (κ2) is 5.96. The molecule has 2 aliphatic carbocycles. The third kappa shape index (κ3) is 3.08. The van der Waals surface area contributed by atoms with E-state index in [4.69, 9.17) is 4.98 Å². The fourth-order valence-electron chi connectivity index (χ4n) is 4.15. The Morgan fingerprint density at radius 3 is 2.71 bits per heavy atom. The van der Waals surface area contributed by atoms with E-state index in [2.05, 4.69) is 28.5 Å². The molecule has 1 aromatic heterocycles. The highest BCUT2D eigenvalue weighted by molar-refractivity contribution is 5.41. The predicted octanol–water partition coefficient (Wildman–Crippen LogP) is 3.49. The summed E-state index contributed by atoms with van der Waals surface area (Å²) >= 11 is 0. The second-order valence-corrected chi connectivity index (χ2v) is 7.13. The summed E-state index contributed by atoms with van der Waals surface area (Å²) in [4.78, 5) is 7.38. The van der Waals surface area contributed by atoms with Gasteiger partial charge in [-0.3, -0.25) is 0 Å². The summed E-state index contributed by atoms with van der Waals surface area (Å²) in [6.45, 7) is 2.18. The van der Waals surface area contributed by atoms with Crippen LogP contribution in [0.5, 0.6) is 0 Å². The molecule has 0 unspecified atom stereocenters. The minimum Gasteiger partial charge on any atom is -0.353 e. The van der Waals surface area contributed by atoms with Crippen molar-refractivity contribution in [2.45, 2.75) is 70.0 Å². The molecule has 0 aromatic carbocycles. The Bertz CT molecular complexity index is 464. The Kier molecular flexibility index (Phi) is 3.85. The van der Waals surface area contributed by atoms with Crippen molar-refractivity contribution in [3.05, 3.63) is 23.9 Å².